The summed E-state index contributed by atoms with van der Waals surface area (Å²) in [6.45, 7) is 8.22. The highest BCUT2D eigenvalue weighted by molar-refractivity contribution is 5.54. The molecular formula is C21H26N6. The van der Waals surface area contributed by atoms with Crippen LogP contribution < -0.4 is 9.80 Å². The summed E-state index contributed by atoms with van der Waals surface area (Å²) >= 11 is 0. The van der Waals surface area contributed by atoms with Crippen LogP contribution in [0, 0.1) is 0 Å². The number of piperazine rings is 1. The van der Waals surface area contributed by atoms with Gasteiger partial charge in [-0.3, -0.25) is 0 Å². The minimum Gasteiger partial charge on any atom is -0.367 e. The molecule has 0 atom stereocenters. The topological polar surface area (TPSA) is 49.6 Å². The molecule has 1 saturated heterocycles. The molecule has 1 aliphatic carbocycles. The van der Waals surface area contributed by atoms with Gasteiger partial charge in [-0.2, -0.15) is 0 Å². The number of imidazole rings is 1. The van der Waals surface area contributed by atoms with Gasteiger partial charge in [0.1, 0.15) is 17.3 Å². The average molecular weight is 362 g/mol. The summed E-state index contributed by atoms with van der Waals surface area (Å²) in [7, 11) is 0. The number of hydrogen-bond acceptors (Lipinski definition) is 5. The van der Waals surface area contributed by atoms with Crippen LogP contribution in [-0.2, 0) is 0 Å². The molecule has 0 bridgehead atoms. The number of rotatable bonds is 4. The summed E-state index contributed by atoms with van der Waals surface area (Å²) in [5, 5.41) is 0. The van der Waals surface area contributed by atoms with Crippen molar-refractivity contribution < 1.29 is 0 Å². The van der Waals surface area contributed by atoms with Crippen LogP contribution in [0.1, 0.15) is 50.0 Å². The molecule has 0 amide bonds. The molecule has 3 aromatic heterocycles. The van der Waals surface area contributed by atoms with E-state index in [1.165, 1.54) is 24.2 Å². The first-order chi connectivity index (χ1) is 13.2. The maximum atomic E-state index is 4.76. The molecule has 0 aromatic carbocycles. The van der Waals surface area contributed by atoms with Crippen molar-refractivity contribution in [1.29, 1.82) is 0 Å². The summed E-state index contributed by atoms with van der Waals surface area (Å²) in [6, 6.07) is 6.38. The molecule has 0 unspecified atom stereocenters. The van der Waals surface area contributed by atoms with Crippen molar-refractivity contribution in [2.45, 2.75) is 38.5 Å². The van der Waals surface area contributed by atoms with Gasteiger partial charge >= 0.3 is 0 Å². The summed E-state index contributed by atoms with van der Waals surface area (Å²) in [5.41, 5.74) is 3.58. The van der Waals surface area contributed by atoms with Crippen molar-refractivity contribution >= 4 is 17.2 Å². The Morgan fingerprint density at radius 1 is 0.926 bits per heavy atom. The van der Waals surface area contributed by atoms with Gasteiger partial charge in [0.2, 0.25) is 0 Å². The summed E-state index contributed by atoms with van der Waals surface area (Å²) < 4.78 is 2.19. The lowest BCUT2D eigenvalue weighted by Gasteiger charge is -2.36. The van der Waals surface area contributed by atoms with Crippen molar-refractivity contribution in [3.05, 3.63) is 48.3 Å². The fourth-order valence-corrected chi connectivity index (χ4v) is 3.77. The second-order valence-electron chi connectivity index (χ2n) is 7.99. The number of aromatic nitrogens is 4. The lowest BCUT2D eigenvalue weighted by atomic mass is 10.2. The van der Waals surface area contributed by atoms with Gasteiger partial charge in [-0.1, -0.05) is 13.8 Å². The molecule has 0 spiro atoms. The van der Waals surface area contributed by atoms with Crippen LogP contribution in [0.15, 0.2) is 36.8 Å². The van der Waals surface area contributed by atoms with Gasteiger partial charge in [0.15, 0.2) is 0 Å². The van der Waals surface area contributed by atoms with E-state index in [-0.39, 0.29) is 0 Å². The van der Waals surface area contributed by atoms with E-state index in [2.05, 4.69) is 57.6 Å². The second kappa shape index (κ2) is 6.51. The van der Waals surface area contributed by atoms with Gasteiger partial charge in [0, 0.05) is 56.6 Å². The van der Waals surface area contributed by atoms with Crippen molar-refractivity contribution in [2.24, 2.45) is 0 Å². The maximum absolute atomic E-state index is 4.76. The normalized spacial score (nSPS) is 17.9. The lowest BCUT2D eigenvalue weighted by Crippen LogP contribution is -2.47. The van der Waals surface area contributed by atoms with Crippen LogP contribution in [0.2, 0.25) is 0 Å². The predicted molar refractivity (Wildman–Crippen MR) is 108 cm³/mol. The lowest BCUT2D eigenvalue weighted by molar-refractivity contribution is 0.641. The molecule has 5 rings (SSSR count). The molecule has 0 N–H and O–H groups in total. The van der Waals surface area contributed by atoms with E-state index in [9.17, 15) is 0 Å². The summed E-state index contributed by atoms with van der Waals surface area (Å²) in [5.74, 6) is 3.02. The van der Waals surface area contributed by atoms with Crippen LogP contribution in [0.25, 0.3) is 5.65 Å². The highest BCUT2D eigenvalue weighted by atomic mass is 15.3. The Bertz CT molecular complexity index is 950. The quantitative estimate of drug-likeness (QED) is 0.711. The van der Waals surface area contributed by atoms with E-state index in [1.807, 2.05) is 12.3 Å². The number of anilines is 2. The fourth-order valence-electron chi connectivity index (χ4n) is 3.77. The Kier molecular flexibility index (Phi) is 3.99. The first-order valence-electron chi connectivity index (χ1n) is 9.99. The number of nitrogens with zero attached hydrogens (tertiary/aromatic N) is 6. The molecule has 2 aliphatic rings. The van der Waals surface area contributed by atoms with Gasteiger partial charge < -0.3 is 14.2 Å². The molecule has 1 aliphatic heterocycles. The van der Waals surface area contributed by atoms with Crippen LogP contribution in [0.3, 0.4) is 0 Å². The first-order valence-corrected chi connectivity index (χ1v) is 9.99. The highest BCUT2D eigenvalue weighted by Gasteiger charge is 2.26. The van der Waals surface area contributed by atoms with E-state index in [0.717, 1.165) is 43.5 Å². The van der Waals surface area contributed by atoms with Crippen LogP contribution in [-0.4, -0.2) is 45.5 Å². The minimum atomic E-state index is 0.355. The SMILES string of the molecule is CC(C)c1nccc(N2CCN(c3ccc4nc(C5CC5)cn4c3)CC2)n1. The third-order valence-corrected chi connectivity index (χ3v) is 5.59. The van der Waals surface area contributed by atoms with Gasteiger partial charge in [0.05, 0.1) is 11.4 Å². The third kappa shape index (κ3) is 3.24. The van der Waals surface area contributed by atoms with Crippen molar-refractivity contribution in [2.75, 3.05) is 36.0 Å². The molecule has 0 radical (unpaired) electrons. The van der Waals surface area contributed by atoms with Crippen LogP contribution >= 0.6 is 0 Å². The van der Waals surface area contributed by atoms with E-state index >= 15 is 0 Å². The third-order valence-electron chi connectivity index (χ3n) is 5.59. The van der Waals surface area contributed by atoms with Gasteiger partial charge in [-0.05, 0) is 31.0 Å². The Morgan fingerprint density at radius 3 is 2.44 bits per heavy atom. The zero-order valence-corrected chi connectivity index (χ0v) is 16.0. The van der Waals surface area contributed by atoms with E-state index in [4.69, 9.17) is 9.97 Å². The molecule has 140 valence electrons. The number of hydrogen-bond donors (Lipinski definition) is 0. The average Bonchev–Trinajstić information content (AvgIpc) is 3.47. The van der Waals surface area contributed by atoms with E-state index in [0.29, 0.717) is 11.8 Å². The number of pyridine rings is 1. The highest BCUT2D eigenvalue weighted by Crippen LogP contribution is 2.39. The first kappa shape index (κ1) is 16.5. The van der Waals surface area contributed by atoms with Crippen molar-refractivity contribution in [3.63, 3.8) is 0 Å². The molecule has 27 heavy (non-hydrogen) atoms. The maximum Gasteiger partial charge on any atom is 0.137 e. The van der Waals surface area contributed by atoms with Crippen LogP contribution in [0.4, 0.5) is 11.5 Å². The monoisotopic (exact) mass is 362 g/mol. The zero-order valence-electron chi connectivity index (χ0n) is 16.0. The smallest absolute Gasteiger partial charge is 0.137 e. The van der Waals surface area contributed by atoms with Crippen molar-refractivity contribution in [1.82, 2.24) is 19.4 Å². The Hall–Kier alpha value is -2.63. The second-order valence-corrected chi connectivity index (χ2v) is 7.99. The largest absolute Gasteiger partial charge is 0.367 e. The number of fused-ring (bicyclic) bond motifs is 1. The molecule has 6 nitrogen and oxygen atoms in total. The van der Waals surface area contributed by atoms with Gasteiger partial charge in [-0.25, -0.2) is 15.0 Å². The minimum absolute atomic E-state index is 0.355. The summed E-state index contributed by atoms with van der Waals surface area (Å²) in [4.78, 5) is 18.7. The molecule has 1 saturated carbocycles. The molecular weight excluding hydrogens is 336 g/mol. The van der Waals surface area contributed by atoms with Gasteiger partial charge in [-0.15, -0.1) is 0 Å². The standard InChI is InChI=1S/C21H26N6/c1-15(2)21-22-8-7-20(24-21)26-11-9-25(10-12-26)17-5-6-19-23-18(16-3-4-16)14-27(19)13-17/h5-8,13-16H,3-4,9-12H2,1-2H3. The van der Waals surface area contributed by atoms with Crippen LogP contribution in [0.5, 0.6) is 0 Å². The van der Waals surface area contributed by atoms with Crippen molar-refractivity contribution in [3.8, 4) is 0 Å². The molecule has 6 heteroatoms. The fraction of sp³-hybridized carbons (Fsp3) is 0.476. The zero-order chi connectivity index (χ0) is 18.4. The van der Waals surface area contributed by atoms with E-state index in [1.54, 1.807) is 0 Å². The van der Waals surface area contributed by atoms with Gasteiger partial charge in [0.25, 0.3) is 0 Å². The predicted octanol–water partition coefficient (Wildman–Crippen LogP) is 3.45. The molecule has 4 heterocycles. The Labute approximate surface area is 159 Å². The summed E-state index contributed by atoms with van der Waals surface area (Å²) in [6.07, 6.45) is 8.90. The van der Waals surface area contributed by atoms with E-state index < -0.39 is 0 Å². The Morgan fingerprint density at radius 2 is 1.70 bits per heavy atom. The molecule has 3 aromatic rings. The Balaban J connectivity index is 1.30. The molecule has 2 fully saturated rings.